The van der Waals surface area contributed by atoms with E-state index in [2.05, 4.69) is 21.6 Å². The molecule has 2 saturated heterocycles. The number of likely N-dealkylation sites (tertiary alicyclic amines) is 1. The van der Waals surface area contributed by atoms with Gasteiger partial charge >= 0.3 is 0 Å². The van der Waals surface area contributed by atoms with Crippen LogP contribution in [0.3, 0.4) is 0 Å². The molecule has 1 saturated carbocycles. The first-order valence-corrected chi connectivity index (χ1v) is 8.26. The molecule has 3 nitrogen and oxygen atoms in total. The lowest BCUT2D eigenvalue weighted by atomic mass is 9.84. The standard InChI is InChI=1S/C15H20N2OS/c1-3-12(4-1)17-10-15(11-17)7-14(9-19-15)18-13-5-2-6-16-8-13/h2,5-6,8,12,14H,1,3-4,7,9-11H2/t14-/m1/s1. The second-order valence-corrected chi connectivity index (χ2v) is 7.60. The molecule has 1 aliphatic carbocycles. The molecule has 1 spiro atoms. The predicted octanol–water partition coefficient (Wildman–Crippen LogP) is 2.57. The lowest BCUT2D eigenvalue weighted by molar-refractivity contribution is 0.0244. The summed E-state index contributed by atoms with van der Waals surface area (Å²) in [5.41, 5.74) is 0. The normalized spacial score (nSPS) is 30.0. The molecule has 0 unspecified atom stereocenters. The first-order valence-electron chi connectivity index (χ1n) is 7.28. The Morgan fingerprint density at radius 1 is 1.37 bits per heavy atom. The highest BCUT2D eigenvalue weighted by atomic mass is 32.2. The van der Waals surface area contributed by atoms with Crippen molar-refractivity contribution in [1.82, 2.24) is 9.88 Å². The Bertz CT molecular complexity index is 443. The van der Waals surface area contributed by atoms with E-state index in [0.29, 0.717) is 10.9 Å². The molecule has 19 heavy (non-hydrogen) atoms. The fourth-order valence-electron chi connectivity index (χ4n) is 3.41. The minimum Gasteiger partial charge on any atom is -0.488 e. The van der Waals surface area contributed by atoms with Crippen LogP contribution in [0.1, 0.15) is 25.7 Å². The zero-order chi connectivity index (χ0) is 12.7. The van der Waals surface area contributed by atoms with Crippen molar-refractivity contribution in [1.29, 1.82) is 0 Å². The number of pyridine rings is 1. The van der Waals surface area contributed by atoms with E-state index in [1.165, 1.54) is 38.8 Å². The Labute approximate surface area is 118 Å². The van der Waals surface area contributed by atoms with Crippen LogP contribution in [-0.2, 0) is 0 Å². The summed E-state index contributed by atoms with van der Waals surface area (Å²) in [6.45, 7) is 2.57. The van der Waals surface area contributed by atoms with Gasteiger partial charge in [0.15, 0.2) is 0 Å². The van der Waals surface area contributed by atoms with Gasteiger partial charge in [0.05, 0.1) is 6.20 Å². The second-order valence-electron chi connectivity index (χ2n) is 6.12. The fraction of sp³-hybridized carbons (Fsp3) is 0.667. The van der Waals surface area contributed by atoms with Crippen LogP contribution in [-0.4, -0.2) is 45.6 Å². The molecule has 0 radical (unpaired) electrons. The predicted molar refractivity (Wildman–Crippen MR) is 77.7 cm³/mol. The van der Waals surface area contributed by atoms with E-state index in [1.54, 1.807) is 6.20 Å². The van der Waals surface area contributed by atoms with E-state index >= 15 is 0 Å². The molecule has 0 bridgehead atoms. The Morgan fingerprint density at radius 3 is 2.95 bits per heavy atom. The number of nitrogens with zero attached hydrogens (tertiary/aromatic N) is 2. The van der Waals surface area contributed by atoms with Crippen molar-refractivity contribution in [3.63, 3.8) is 0 Å². The lowest BCUT2D eigenvalue weighted by Crippen LogP contribution is -2.63. The second kappa shape index (κ2) is 4.67. The van der Waals surface area contributed by atoms with Crippen LogP contribution in [0, 0.1) is 0 Å². The Morgan fingerprint density at radius 2 is 2.26 bits per heavy atom. The third-order valence-corrected chi connectivity index (χ3v) is 6.26. The summed E-state index contributed by atoms with van der Waals surface area (Å²) in [6.07, 6.45) is 9.48. The van der Waals surface area contributed by atoms with Gasteiger partial charge in [-0.15, -0.1) is 11.8 Å². The molecule has 0 aromatic carbocycles. The van der Waals surface area contributed by atoms with Gasteiger partial charge in [-0.1, -0.05) is 6.42 Å². The summed E-state index contributed by atoms with van der Waals surface area (Å²) in [4.78, 5) is 6.79. The van der Waals surface area contributed by atoms with E-state index < -0.39 is 0 Å². The smallest absolute Gasteiger partial charge is 0.138 e. The largest absolute Gasteiger partial charge is 0.488 e. The van der Waals surface area contributed by atoms with E-state index in [-0.39, 0.29) is 0 Å². The van der Waals surface area contributed by atoms with Gasteiger partial charge in [-0.25, -0.2) is 0 Å². The Hall–Kier alpha value is -0.740. The van der Waals surface area contributed by atoms with Crippen molar-refractivity contribution in [2.45, 2.75) is 42.6 Å². The molecule has 102 valence electrons. The molecular formula is C15H20N2OS. The van der Waals surface area contributed by atoms with Crippen molar-refractivity contribution in [3.05, 3.63) is 24.5 Å². The quantitative estimate of drug-likeness (QED) is 0.847. The first kappa shape index (κ1) is 12.0. The molecule has 1 atom stereocenters. The van der Waals surface area contributed by atoms with Crippen molar-refractivity contribution in [2.24, 2.45) is 0 Å². The third kappa shape index (κ3) is 2.25. The summed E-state index contributed by atoms with van der Waals surface area (Å²) in [6, 6.07) is 4.85. The van der Waals surface area contributed by atoms with Crippen LogP contribution in [0.2, 0.25) is 0 Å². The summed E-state index contributed by atoms with van der Waals surface area (Å²) in [5.74, 6) is 2.05. The average Bonchev–Trinajstić information content (AvgIpc) is 2.72. The molecule has 3 fully saturated rings. The van der Waals surface area contributed by atoms with Gasteiger partial charge < -0.3 is 4.74 Å². The maximum Gasteiger partial charge on any atom is 0.138 e. The number of hydrogen-bond donors (Lipinski definition) is 0. The van der Waals surface area contributed by atoms with Crippen LogP contribution in [0.4, 0.5) is 0 Å². The third-order valence-electron chi connectivity index (χ3n) is 4.69. The fourth-order valence-corrected chi connectivity index (χ4v) is 4.96. The highest BCUT2D eigenvalue weighted by Gasteiger charge is 2.51. The van der Waals surface area contributed by atoms with E-state index in [0.717, 1.165) is 17.5 Å². The van der Waals surface area contributed by atoms with Crippen molar-refractivity contribution in [2.75, 3.05) is 18.8 Å². The first-order chi connectivity index (χ1) is 9.33. The van der Waals surface area contributed by atoms with Gasteiger partial charge in [-0.3, -0.25) is 9.88 Å². The monoisotopic (exact) mass is 276 g/mol. The van der Waals surface area contributed by atoms with Crippen molar-refractivity contribution < 1.29 is 4.74 Å². The minimum atomic E-state index is 0.373. The molecule has 1 aromatic heterocycles. The topological polar surface area (TPSA) is 25.4 Å². The molecule has 4 rings (SSSR count). The molecular weight excluding hydrogens is 256 g/mol. The molecule has 1 aromatic rings. The number of aromatic nitrogens is 1. The van der Waals surface area contributed by atoms with Gasteiger partial charge in [0, 0.05) is 42.2 Å². The van der Waals surface area contributed by atoms with Crippen LogP contribution < -0.4 is 4.74 Å². The van der Waals surface area contributed by atoms with E-state index in [1.807, 2.05) is 18.3 Å². The van der Waals surface area contributed by atoms with Crippen LogP contribution in [0.15, 0.2) is 24.5 Å². The van der Waals surface area contributed by atoms with Gasteiger partial charge in [-0.2, -0.15) is 0 Å². The van der Waals surface area contributed by atoms with Gasteiger partial charge in [0.2, 0.25) is 0 Å². The zero-order valence-corrected chi connectivity index (χ0v) is 11.9. The molecule has 2 aliphatic heterocycles. The van der Waals surface area contributed by atoms with Crippen molar-refractivity contribution >= 4 is 11.8 Å². The number of hydrogen-bond acceptors (Lipinski definition) is 4. The maximum atomic E-state index is 6.04. The van der Waals surface area contributed by atoms with Crippen LogP contribution in [0.5, 0.6) is 5.75 Å². The van der Waals surface area contributed by atoms with Crippen LogP contribution in [0.25, 0.3) is 0 Å². The summed E-state index contributed by atoms with van der Waals surface area (Å²) < 4.78 is 6.54. The summed E-state index contributed by atoms with van der Waals surface area (Å²) in [7, 11) is 0. The Kier molecular flexibility index (Phi) is 2.96. The molecule has 0 N–H and O–H groups in total. The van der Waals surface area contributed by atoms with E-state index in [9.17, 15) is 0 Å². The molecule has 3 heterocycles. The van der Waals surface area contributed by atoms with Gasteiger partial charge in [-0.05, 0) is 25.0 Å². The molecule has 4 heteroatoms. The highest BCUT2D eigenvalue weighted by molar-refractivity contribution is 8.01. The summed E-state index contributed by atoms with van der Waals surface area (Å²) in [5, 5.41) is 0. The van der Waals surface area contributed by atoms with Gasteiger partial charge in [0.1, 0.15) is 11.9 Å². The zero-order valence-electron chi connectivity index (χ0n) is 11.1. The Balaban J connectivity index is 1.31. The lowest BCUT2D eigenvalue weighted by Gasteiger charge is -2.53. The van der Waals surface area contributed by atoms with Crippen molar-refractivity contribution in [3.8, 4) is 5.75 Å². The van der Waals surface area contributed by atoms with E-state index in [4.69, 9.17) is 4.74 Å². The number of thioether (sulfide) groups is 1. The van der Waals surface area contributed by atoms with Crippen LogP contribution >= 0.6 is 11.8 Å². The number of rotatable bonds is 3. The highest BCUT2D eigenvalue weighted by Crippen LogP contribution is 2.48. The maximum absolute atomic E-state index is 6.04. The molecule has 0 amide bonds. The summed E-state index contributed by atoms with van der Waals surface area (Å²) >= 11 is 2.13. The minimum absolute atomic E-state index is 0.373. The molecule has 3 aliphatic rings. The average molecular weight is 276 g/mol. The van der Waals surface area contributed by atoms with Gasteiger partial charge in [0.25, 0.3) is 0 Å². The number of ether oxygens (including phenoxy) is 1. The SMILES string of the molecule is c1cncc(O[C@H]2CSC3(C2)CN(C2CCC2)C3)c1.